The van der Waals surface area contributed by atoms with E-state index in [1.165, 1.54) is 12.5 Å². The van der Waals surface area contributed by atoms with Gasteiger partial charge in [-0.2, -0.15) is 0 Å². The highest BCUT2D eigenvalue weighted by Crippen LogP contribution is 2.06. The van der Waals surface area contributed by atoms with Crippen molar-refractivity contribution in [2.75, 3.05) is 13.1 Å². The Labute approximate surface area is 114 Å². The largest absolute Gasteiger partial charge is 0.472 e. The molecule has 0 aliphatic heterocycles. The molecule has 0 unspecified atom stereocenters. The third-order valence-electron chi connectivity index (χ3n) is 3.07. The molecule has 1 rings (SSSR count). The van der Waals surface area contributed by atoms with Crippen LogP contribution < -0.4 is 5.32 Å². The van der Waals surface area contributed by atoms with E-state index in [9.17, 15) is 9.59 Å². The van der Waals surface area contributed by atoms with Gasteiger partial charge in [-0.3, -0.25) is 9.59 Å². The van der Waals surface area contributed by atoms with Crippen molar-refractivity contribution in [1.82, 2.24) is 10.2 Å². The lowest BCUT2D eigenvalue weighted by molar-refractivity contribution is -0.121. The highest BCUT2D eigenvalue weighted by Gasteiger charge is 2.16. The molecular weight excluding hydrogens is 244 g/mol. The molecule has 0 aliphatic carbocycles. The second kappa shape index (κ2) is 7.61. The van der Waals surface area contributed by atoms with E-state index in [-0.39, 0.29) is 17.9 Å². The van der Waals surface area contributed by atoms with E-state index >= 15 is 0 Å². The first-order valence-corrected chi connectivity index (χ1v) is 6.69. The summed E-state index contributed by atoms with van der Waals surface area (Å²) >= 11 is 0. The van der Waals surface area contributed by atoms with E-state index < -0.39 is 0 Å². The Hall–Kier alpha value is -1.78. The van der Waals surface area contributed by atoms with Crippen molar-refractivity contribution in [1.29, 1.82) is 0 Å². The summed E-state index contributed by atoms with van der Waals surface area (Å²) in [6.07, 6.45) is 4.11. The van der Waals surface area contributed by atoms with Crippen molar-refractivity contribution < 1.29 is 14.0 Å². The van der Waals surface area contributed by atoms with Gasteiger partial charge in [-0.1, -0.05) is 6.92 Å². The smallest absolute Gasteiger partial charge is 0.257 e. The maximum atomic E-state index is 12.1. The predicted octanol–water partition coefficient (Wildman–Crippen LogP) is 2.05. The first kappa shape index (κ1) is 15.3. The Bertz CT molecular complexity index is 401. The number of carbonyl (C=O) groups is 2. The van der Waals surface area contributed by atoms with Crippen molar-refractivity contribution in [3.05, 3.63) is 24.2 Å². The maximum Gasteiger partial charge on any atom is 0.257 e. The summed E-state index contributed by atoms with van der Waals surface area (Å²) in [7, 11) is 0. The Morgan fingerprint density at radius 3 is 2.68 bits per heavy atom. The fourth-order valence-corrected chi connectivity index (χ4v) is 1.66. The molecule has 2 amide bonds. The van der Waals surface area contributed by atoms with Crippen molar-refractivity contribution in [3.63, 3.8) is 0 Å². The molecule has 0 spiro atoms. The van der Waals surface area contributed by atoms with Crippen molar-refractivity contribution >= 4 is 11.8 Å². The number of rotatable bonds is 7. The second-order valence-corrected chi connectivity index (χ2v) is 4.52. The lowest BCUT2D eigenvalue weighted by Crippen LogP contribution is -2.37. The van der Waals surface area contributed by atoms with Gasteiger partial charge < -0.3 is 14.6 Å². The molecule has 1 atom stereocenters. The standard InChI is InChI=1S/C14H22N2O3/c1-4-11(3)15-13(17)6-8-16(5-2)14(18)12-7-9-19-10-12/h7,9-11H,4-6,8H2,1-3H3,(H,15,17)/t11-/m1/s1. The third kappa shape index (κ3) is 4.77. The zero-order chi connectivity index (χ0) is 14.3. The van der Waals surface area contributed by atoms with Gasteiger partial charge in [0.25, 0.3) is 5.91 Å². The van der Waals surface area contributed by atoms with Crippen LogP contribution in [0, 0.1) is 0 Å². The number of hydrogen-bond acceptors (Lipinski definition) is 3. The van der Waals surface area contributed by atoms with Gasteiger partial charge in [-0.05, 0) is 26.3 Å². The molecule has 0 aromatic carbocycles. The van der Waals surface area contributed by atoms with E-state index in [0.717, 1.165) is 6.42 Å². The van der Waals surface area contributed by atoms with Gasteiger partial charge in [-0.15, -0.1) is 0 Å². The van der Waals surface area contributed by atoms with Crippen LogP contribution in [0.15, 0.2) is 23.0 Å². The summed E-state index contributed by atoms with van der Waals surface area (Å²) < 4.78 is 4.90. The fourth-order valence-electron chi connectivity index (χ4n) is 1.66. The van der Waals surface area contributed by atoms with Crippen LogP contribution in [0.2, 0.25) is 0 Å². The summed E-state index contributed by atoms with van der Waals surface area (Å²) in [4.78, 5) is 25.4. The van der Waals surface area contributed by atoms with Crippen LogP contribution in [0.4, 0.5) is 0 Å². The van der Waals surface area contributed by atoms with E-state index in [2.05, 4.69) is 5.32 Å². The topological polar surface area (TPSA) is 62.6 Å². The molecule has 0 saturated carbocycles. The number of furan rings is 1. The molecular formula is C14H22N2O3. The number of nitrogens with zero attached hydrogens (tertiary/aromatic N) is 1. The predicted molar refractivity (Wildman–Crippen MR) is 72.8 cm³/mol. The highest BCUT2D eigenvalue weighted by atomic mass is 16.3. The van der Waals surface area contributed by atoms with Crippen LogP contribution in [0.5, 0.6) is 0 Å². The third-order valence-corrected chi connectivity index (χ3v) is 3.07. The number of hydrogen-bond donors (Lipinski definition) is 1. The van der Waals surface area contributed by atoms with Gasteiger partial charge in [0.15, 0.2) is 0 Å². The van der Waals surface area contributed by atoms with Gasteiger partial charge in [0.2, 0.25) is 5.91 Å². The molecule has 5 heteroatoms. The van der Waals surface area contributed by atoms with Crippen LogP contribution in [0.1, 0.15) is 44.0 Å². The minimum atomic E-state index is -0.104. The molecule has 0 saturated heterocycles. The number of carbonyl (C=O) groups excluding carboxylic acids is 2. The minimum Gasteiger partial charge on any atom is -0.472 e. The first-order chi connectivity index (χ1) is 9.08. The summed E-state index contributed by atoms with van der Waals surface area (Å²) in [5.41, 5.74) is 0.518. The Balaban J connectivity index is 2.45. The molecule has 5 nitrogen and oxygen atoms in total. The van der Waals surface area contributed by atoms with Gasteiger partial charge in [0.1, 0.15) is 6.26 Å². The van der Waals surface area contributed by atoms with Gasteiger partial charge in [0, 0.05) is 25.6 Å². The molecule has 19 heavy (non-hydrogen) atoms. The maximum absolute atomic E-state index is 12.1. The van der Waals surface area contributed by atoms with Crippen molar-refractivity contribution in [3.8, 4) is 0 Å². The average Bonchev–Trinajstić information content (AvgIpc) is 2.92. The van der Waals surface area contributed by atoms with E-state index in [0.29, 0.717) is 25.1 Å². The lowest BCUT2D eigenvalue weighted by atomic mass is 10.2. The molecule has 1 aromatic rings. The fraction of sp³-hybridized carbons (Fsp3) is 0.571. The number of nitrogens with one attached hydrogen (secondary N) is 1. The molecule has 1 N–H and O–H groups in total. The SMILES string of the molecule is CC[C@@H](C)NC(=O)CCN(CC)C(=O)c1ccoc1. The molecule has 106 valence electrons. The molecule has 0 radical (unpaired) electrons. The summed E-state index contributed by atoms with van der Waals surface area (Å²) in [5, 5.41) is 2.89. The number of amides is 2. The van der Waals surface area contributed by atoms with Gasteiger partial charge in [0.05, 0.1) is 11.8 Å². The molecule has 0 aliphatic rings. The monoisotopic (exact) mass is 266 g/mol. The van der Waals surface area contributed by atoms with Crippen LogP contribution in [-0.2, 0) is 4.79 Å². The average molecular weight is 266 g/mol. The van der Waals surface area contributed by atoms with E-state index in [1.807, 2.05) is 20.8 Å². The van der Waals surface area contributed by atoms with Crippen molar-refractivity contribution in [2.24, 2.45) is 0 Å². The van der Waals surface area contributed by atoms with Gasteiger partial charge >= 0.3 is 0 Å². The highest BCUT2D eigenvalue weighted by molar-refractivity contribution is 5.94. The quantitative estimate of drug-likeness (QED) is 0.821. The summed E-state index contributed by atoms with van der Waals surface area (Å²) in [5.74, 6) is -0.125. The summed E-state index contributed by atoms with van der Waals surface area (Å²) in [6.45, 7) is 6.87. The normalized spacial score (nSPS) is 11.9. The zero-order valence-corrected chi connectivity index (χ0v) is 11.8. The Morgan fingerprint density at radius 1 is 1.42 bits per heavy atom. The molecule has 1 aromatic heterocycles. The van der Waals surface area contributed by atoms with Crippen LogP contribution in [0.25, 0.3) is 0 Å². The van der Waals surface area contributed by atoms with Crippen molar-refractivity contribution in [2.45, 2.75) is 39.7 Å². The van der Waals surface area contributed by atoms with Crippen LogP contribution in [-0.4, -0.2) is 35.8 Å². The summed E-state index contributed by atoms with van der Waals surface area (Å²) in [6, 6.07) is 1.80. The molecule has 1 heterocycles. The van der Waals surface area contributed by atoms with Crippen LogP contribution in [0.3, 0.4) is 0 Å². The van der Waals surface area contributed by atoms with E-state index in [1.54, 1.807) is 11.0 Å². The Kier molecular flexibility index (Phi) is 6.12. The van der Waals surface area contributed by atoms with E-state index in [4.69, 9.17) is 4.42 Å². The first-order valence-electron chi connectivity index (χ1n) is 6.69. The van der Waals surface area contributed by atoms with Crippen LogP contribution >= 0.6 is 0 Å². The lowest BCUT2D eigenvalue weighted by Gasteiger charge is -2.20. The molecule has 0 bridgehead atoms. The second-order valence-electron chi connectivity index (χ2n) is 4.52. The zero-order valence-electron chi connectivity index (χ0n) is 11.8. The minimum absolute atomic E-state index is 0.0206. The Morgan fingerprint density at radius 2 is 2.16 bits per heavy atom. The molecule has 0 fully saturated rings. The van der Waals surface area contributed by atoms with Gasteiger partial charge in [-0.25, -0.2) is 0 Å².